The van der Waals surface area contributed by atoms with E-state index in [0.717, 1.165) is 24.8 Å². The minimum absolute atomic E-state index is 0.197. The summed E-state index contributed by atoms with van der Waals surface area (Å²) in [6, 6.07) is 12.2. The van der Waals surface area contributed by atoms with E-state index in [1.54, 1.807) is 42.9 Å². The smallest absolute Gasteiger partial charge is 0.339 e. The van der Waals surface area contributed by atoms with Gasteiger partial charge in [0.2, 0.25) is 0 Å². The highest BCUT2D eigenvalue weighted by Crippen LogP contribution is 2.31. The Kier molecular flexibility index (Phi) is 3.61. The van der Waals surface area contributed by atoms with E-state index >= 15 is 0 Å². The Bertz CT molecular complexity index is 979. The predicted molar refractivity (Wildman–Crippen MR) is 90.3 cm³/mol. The fourth-order valence-corrected chi connectivity index (χ4v) is 4.03. The quantitative estimate of drug-likeness (QED) is 0.740. The van der Waals surface area contributed by atoms with Crippen LogP contribution in [0.3, 0.4) is 0 Å². The molecule has 5 nitrogen and oxygen atoms in total. The average molecular weight is 340 g/mol. The monoisotopic (exact) mass is 340 g/mol. The number of benzene rings is 2. The summed E-state index contributed by atoms with van der Waals surface area (Å²) in [5, 5.41) is 0. The third kappa shape index (κ3) is 2.69. The highest BCUT2D eigenvalue weighted by atomic mass is 32.2. The number of aryl methyl sites for hydroxylation is 2. The van der Waals surface area contributed by atoms with Gasteiger partial charge < -0.3 is 9.17 Å². The number of hydrogen-bond donors (Lipinski definition) is 1. The molecule has 122 valence electrons. The lowest BCUT2D eigenvalue weighted by atomic mass is 10.1. The summed E-state index contributed by atoms with van der Waals surface area (Å²) in [6.07, 6.45) is 6.18. The molecule has 0 fully saturated rings. The third-order valence-electron chi connectivity index (χ3n) is 4.23. The van der Waals surface area contributed by atoms with Crippen LogP contribution >= 0.6 is 0 Å². The van der Waals surface area contributed by atoms with Crippen LogP contribution in [0.15, 0.2) is 59.9 Å². The van der Waals surface area contributed by atoms with E-state index < -0.39 is 10.1 Å². The van der Waals surface area contributed by atoms with Crippen molar-refractivity contribution in [3.05, 3.63) is 66.1 Å². The lowest BCUT2D eigenvalue weighted by Crippen LogP contribution is -2.11. The van der Waals surface area contributed by atoms with Crippen molar-refractivity contribution in [2.75, 3.05) is 0 Å². The molecule has 0 saturated heterocycles. The fourth-order valence-electron chi connectivity index (χ4n) is 3.04. The molecule has 1 aromatic heterocycles. The van der Waals surface area contributed by atoms with Gasteiger partial charge in [0.05, 0.1) is 18.2 Å². The van der Waals surface area contributed by atoms with Gasteiger partial charge >= 0.3 is 10.1 Å². The zero-order chi connectivity index (χ0) is 16.6. The Balaban J connectivity index is 1.70. The minimum Gasteiger partial charge on any atom is -0.378 e. The van der Waals surface area contributed by atoms with Gasteiger partial charge in [-0.3, -0.25) is 0 Å². The predicted octanol–water partition coefficient (Wildman–Crippen LogP) is 3.33. The van der Waals surface area contributed by atoms with Crippen LogP contribution in [0, 0.1) is 0 Å². The van der Waals surface area contributed by atoms with Gasteiger partial charge in [0.15, 0.2) is 5.75 Å². The van der Waals surface area contributed by atoms with Crippen LogP contribution in [0.1, 0.15) is 17.5 Å². The van der Waals surface area contributed by atoms with E-state index in [4.69, 9.17) is 4.18 Å². The zero-order valence-electron chi connectivity index (χ0n) is 12.9. The fraction of sp³-hybridized carbons (Fsp3) is 0.167. The van der Waals surface area contributed by atoms with E-state index in [0.29, 0.717) is 11.3 Å². The van der Waals surface area contributed by atoms with E-state index in [9.17, 15) is 8.42 Å². The highest BCUT2D eigenvalue weighted by Gasteiger charge is 2.22. The molecule has 1 aliphatic rings. The highest BCUT2D eigenvalue weighted by molar-refractivity contribution is 7.87. The van der Waals surface area contributed by atoms with Crippen molar-refractivity contribution in [3.8, 4) is 17.0 Å². The molecule has 1 aliphatic carbocycles. The van der Waals surface area contributed by atoms with Gasteiger partial charge in [-0.1, -0.05) is 18.2 Å². The molecule has 1 N–H and O–H groups in total. The number of aromatic amines is 1. The van der Waals surface area contributed by atoms with E-state index in [1.165, 1.54) is 5.56 Å². The number of aromatic nitrogens is 2. The molecule has 6 heteroatoms. The molecule has 0 radical (unpaired) electrons. The molecular weight excluding hydrogens is 324 g/mol. The Morgan fingerprint density at radius 3 is 2.71 bits per heavy atom. The van der Waals surface area contributed by atoms with Crippen LogP contribution in [0.5, 0.6) is 5.75 Å². The number of imidazole rings is 1. The van der Waals surface area contributed by atoms with Crippen molar-refractivity contribution in [2.24, 2.45) is 0 Å². The second-order valence-electron chi connectivity index (χ2n) is 5.78. The number of para-hydroxylation sites is 1. The van der Waals surface area contributed by atoms with Crippen molar-refractivity contribution in [1.82, 2.24) is 9.97 Å². The first-order valence-corrected chi connectivity index (χ1v) is 9.18. The second kappa shape index (κ2) is 5.79. The van der Waals surface area contributed by atoms with E-state index in [2.05, 4.69) is 9.97 Å². The lowest BCUT2D eigenvalue weighted by molar-refractivity contribution is 0.486. The molecule has 0 saturated carbocycles. The summed E-state index contributed by atoms with van der Waals surface area (Å²) < 4.78 is 30.8. The van der Waals surface area contributed by atoms with Crippen LogP contribution in [-0.2, 0) is 23.0 Å². The summed E-state index contributed by atoms with van der Waals surface area (Å²) in [5.41, 5.74) is 3.68. The van der Waals surface area contributed by atoms with Gasteiger partial charge in [0, 0.05) is 5.56 Å². The van der Waals surface area contributed by atoms with Gasteiger partial charge in [-0.15, -0.1) is 0 Å². The van der Waals surface area contributed by atoms with Gasteiger partial charge in [0.1, 0.15) is 4.90 Å². The van der Waals surface area contributed by atoms with Gasteiger partial charge in [-0.05, 0) is 54.7 Å². The summed E-state index contributed by atoms with van der Waals surface area (Å²) in [4.78, 5) is 7.14. The molecule has 1 heterocycles. The van der Waals surface area contributed by atoms with E-state index in [-0.39, 0.29) is 10.6 Å². The van der Waals surface area contributed by atoms with Crippen LogP contribution in [0.2, 0.25) is 0 Å². The summed E-state index contributed by atoms with van der Waals surface area (Å²) in [7, 11) is -3.88. The van der Waals surface area contributed by atoms with E-state index in [1.807, 2.05) is 12.1 Å². The van der Waals surface area contributed by atoms with Crippen LogP contribution in [-0.4, -0.2) is 18.4 Å². The first-order chi connectivity index (χ1) is 11.6. The Labute approximate surface area is 140 Å². The lowest BCUT2D eigenvalue weighted by Gasteiger charge is -2.11. The van der Waals surface area contributed by atoms with Crippen LogP contribution < -0.4 is 4.18 Å². The summed E-state index contributed by atoms with van der Waals surface area (Å²) in [5.74, 6) is 0.280. The maximum absolute atomic E-state index is 12.7. The maximum atomic E-state index is 12.7. The SMILES string of the molecule is O=S(=O)(Oc1ccccc1-c1cnc[nH]1)c1ccc2c(c1)CCC2. The van der Waals surface area contributed by atoms with Gasteiger partial charge in [-0.2, -0.15) is 8.42 Å². The number of nitrogens with zero attached hydrogens (tertiary/aromatic N) is 1. The number of fused-ring (bicyclic) bond motifs is 1. The van der Waals surface area contributed by atoms with Crippen LogP contribution in [0.25, 0.3) is 11.3 Å². The van der Waals surface area contributed by atoms with Crippen molar-refractivity contribution in [1.29, 1.82) is 0 Å². The van der Waals surface area contributed by atoms with Crippen LogP contribution in [0.4, 0.5) is 0 Å². The molecule has 3 aromatic rings. The molecular formula is C18H16N2O3S. The Hall–Kier alpha value is -2.60. The molecule has 4 rings (SSSR count). The van der Waals surface area contributed by atoms with Crippen molar-refractivity contribution >= 4 is 10.1 Å². The molecule has 0 spiro atoms. The number of H-pyrrole nitrogens is 1. The third-order valence-corrected chi connectivity index (χ3v) is 5.46. The zero-order valence-corrected chi connectivity index (χ0v) is 13.7. The molecule has 0 bridgehead atoms. The van der Waals surface area contributed by atoms with Gasteiger partial charge in [-0.25, -0.2) is 4.98 Å². The number of hydrogen-bond acceptors (Lipinski definition) is 4. The number of nitrogens with one attached hydrogen (secondary N) is 1. The van der Waals surface area contributed by atoms with Gasteiger partial charge in [0.25, 0.3) is 0 Å². The maximum Gasteiger partial charge on any atom is 0.339 e. The van der Waals surface area contributed by atoms with Crippen molar-refractivity contribution in [2.45, 2.75) is 24.2 Å². The summed E-state index contributed by atoms with van der Waals surface area (Å²) >= 11 is 0. The first kappa shape index (κ1) is 15.0. The molecule has 24 heavy (non-hydrogen) atoms. The van der Waals surface area contributed by atoms with Crippen molar-refractivity contribution in [3.63, 3.8) is 0 Å². The molecule has 0 amide bonds. The average Bonchev–Trinajstić information content (AvgIpc) is 3.26. The Morgan fingerprint density at radius 2 is 1.88 bits per heavy atom. The normalized spacial score (nSPS) is 13.7. The molecule has 0 atom stereocenters. The van der Waals surface area contributed by atoms with Crippen molar-refractivity contribution < 1.29 is 12.6 Å². The molecule has 2 aromatic carbocycles. The minimum atomic E-state index is -3.88. The summed E-state index contributed by atoms with van der Waals surface area (Å²) in [6.45, 7) is 0. The molecule has 0 aliphatic heterocycles. The largest absolute Gasteiger partial charge is 0.378 e. The number of rotatable bonds is 4. The second-order valence-corrected chi connectivity index (χ2v) is 7.33. The standard InChI is InChI=1S/C18H16N2O3S/c21-24(22,15-9-8-13-4-3-5-14(13)10-15)23-18-7-2-1-6-16(18)17-11-19-12-20-17/h1-2,6-12H,3-5H2,(H,19,20). The molecule has 0 unspecified atom stereocenters. The topological polar surface area (TPSA) is 72.1 Å². The first-order valence-electron chi connectivity index (χ1n) is 7.77. The Morgan fingerprint density at radius 1 is 1.04 bits per heavy atom.